The highest BCUT2D eigenvalue weighted by atomic mass is 16.5. The van der Waals surface area contributed by atoms with Crippen LogP contribution in [0.15, 0.2) is 18.2 Å². The van der Waals surface area contributed by atoms with Gasteiger partial charge in [0.1, 0.15) is 5.75 Å². The minimum Gasteiger partial charge on any atom is -0.495 e. The molecule has 0 aliphatic carbocycles. The summed E-state index contributed by atoms with van der Waals surface area (Å²) < 4.78 is 5.32. The Bertz CT molecular complexity index is 442. The van der Waals surface area contributed by atoms with Crippen molar-refractivity contribution in [2.45, 2.75) is 25.7 Å². The van der Waals surface area contributed by atoms with E-state index in [1.165, 1.54) is 0 Å². The molecule has 0 aromatic heterocycles. The highest BCUT2D eigenvalue weighted by Crippen LogP contribution is 2.47. The Labute approximate surface area is 96.0 Å². The number of para-hydroxylation sites is 1. The first-order valence-electron chi connectivity index (χ1n) is 5.52. The first-order valence-corrected chi connectivity index (χ1v) is 5.52. The molecule has 1 aromatic rings. The second-order valence-electron chi connectivity index (χ2n) is 4.41. The molecular formula is C13H17NO2. The maximum absolute atomic E-state index is 12.3. The number of anilines is 1. The van der Waals surface area contributed by atoms with E-state index in [-0.39, 0.29) is 5.91 Å². The lowest BCUT2D eigenvalue weighted by Gasteiger charge is -2.20. The second kappa shape index (κ2) is 3.51. The van der Waals surface area contributed by atoms with Crippen LogP contribution in [0, 0.1) is 0 Å². The van der Waals surface area contributed by atoms with E-state index < -0.39 is 5.41 Å². The Hall–Kier alpha value is -1.51. The summed E-state index contributed by atoms with van der Waals surface area (Å²) >= 11 is 0. The zero-order valence-corrected chi connectivity index (χ0v) is 10.2. The molecule has 1 aliphatic heterocycles. The number of fused-ring (bicyclic) bond motifs is 1. The number of rotatable bonds is 2. The third-order valence-electron chi connectivity index (χ3n) is 3.63. The number of nitrogens with zero attached hydrogens (tertiary/aromatic N) is 1. The summed E-state index contributed by atoms with van der Waals surface area (Å²) in [5.74, 6) is 0.917. The summed E-state index contributed by atoms with van der Waals surface area (Å²) in [4.78, 5) is 14.0. The molecular weight excluding hydrogens is 202 g/mol. The number of likely N-dealkylation sites (N-methyl/N-ethyl adjacent to an activating group) is 1. The van der Waals surface area contributed by atoms with Crippen molar-refractivity contribution >= 4 is 11.6 Å². The molecule has 0 saturated heterocycles. The van der Waals surface area contributed by atoms with Gasteiger partial charge >= 0.3 is 0 Å². The van der Waals surface area contributed by atoms with Gasteiger partial charge in [0.05, 0.1) is 18.2 Å². The number of hydrogen-bond donors (Lipinski definition) is 0. The largest absolute Gasteiger partial charge is 0.495 e. The normalized spacial score (nSPS) is 23.5. The van der Waals surface area contributed by atoms with E-state index in [9.17, 15) is 4.79 Å². The first kappa shape index (κ1) is 11.0. The number of benzene rings is 1. The van der Waals surface area contributed by atoms with Crippen LogP contribution in [0.4, 0.5) is 5.69 Å². The average molecular weight is 219 g/mol. The molecule has 0 N–H and O–H groups in total. The molecule has 0 fully saturated rings. The molecule has 3 heteroatoms. The molecule has 0 radical (unpaired) electrons. The van der Waals surface area contributed by atoms with Crippen molar-refractivity contribution in [1.82, 2.24) is 0 Å². The summed E-state index contributed by atoms with van der Waals surface area (Å²) in [7, 11) is 3.44. The van der Waals surface area contributed by atoms with Gasteiger partial charge in [0.2, 0.25) is 5.91 Å². The Kier molecular flexibility index (Phi) is 2.41. The van der Waals surface area contributed by atoms with Crippen LogP contribution < -0.4 is 9.64 Å². The van der Waals surface area contributed by atoms with Gasteiger partial charge in [0.15, 0.2) is 0 Å². The van der Waals surface area contributed by atoms with E-state index in [2.05, 4.69) is 0 Å². The number of hydrogen-bond acceptors (Lipinski definition) is 2. The van der Waals surface area contributed by atoms with Crippen LogP contribution in [0.5, 0.6) is 5.75 Å². The van der Waals surface area contributed by atoms with Gasteiger partial charge in [-0.25, -0.2) is 0 Å². The van der Waals surface area contributed by atoms with Crippen molar-refractivity contribution in [3.63, 3.8) is 0 Å². The van der Waals surface area contributed by atoms with Gasteiger partial charge in [-0.15, -0.1) is 0 Å². The fourth-order valence-electron chi connectivity index (χ4n) is 2.41. The zero-order valence-electron chi connectivity index (χ0n) is 10.2. The fourth-order valence-corrected chi connectivity index (χ4v) is 2.41. The third-order valence-corrected chi connectivity index (χ3v) is 3.63. The van der Waals surface area contributed by atoms with Gasteiger partial charge in [-0.3, -0.25) is 4.79 Å². The first-order chi connectivity index (χ1) is 7.56. The van der Waals surface area contributed by atoms with E-state index in [0.717, 1.165) is 23.4 Å². The van der Waals surface area contributed by atoms with Crippen molar-refractivity contribution in [3.05, 3.63) is 23.8 Å². The maximum Gasteiger partial charge on any atom is 0.237 e. The van der Waals surface area contributed by atoms with Gasteiger partial charge in [0.25, 0.3) is 0 Å². The lowest BCUT2D eigenvalue weighted by atomic mass is 9.81. The zero-order chi connectivity index (χ0) is 11.9. The van der Waals surface area contributed by atoms with Crippen molar-refractivity contribution in [2.24, 2.45) is 0 Å². The van der Waals surface area contributed by atoms with E-state index >= 15 is 0 Å². The summed E-state index contributed by atoms with van der Waals surface area (Å²) in [6.07, 6.45) is 0.802. The molecule has 16 heavy (non-hydrogen) atoms. The van der Waals surface area contributed by atoms with Crippen molar-refractivity contribution in [2.75, 3.05) is 19.1 Å². The predicted molar refractivity (Wildman–Crippen MR) is 64.0 cm³/mol. The van der Waals surface area contributed by atoms with E-state index in [1.54, 1.807) is 12.0 Å². The Balaban J connectivity index is 2.69. The molecule has 0 bridgehead atoms. The van der Waals surface area contributed by atoms with Gasteiger partial charge < -0.3 is 9.64 Å². The molecule has 2 rings (SSSR count). The molecule has 1 aromatic carbocycles. The minimum absolute atomic E-state index is 0.148. The summed E-state index contributed by atoms with van der Waals surface area (Å²) in [6, 6.07) is 5.85. The average Bonchev–Trinajstić information content (AvgIpc) is 2.52. The van der Waals surface area contributed by atoms with Crippen LogP contribution in [0.25, 0.3) is 0 Å². The second-order valence-corrected chi connectivity index (χ2v) is 4.41. The molecule has 3 nitrogen and oxygen atoms in total. The van der Waals surface area contributed by atoms with Gasteiger partial charge in [0, 0.05) is 7.05 Å². The van der Waals surface area contributed by atoms with Gasteiger partial charge in [-0.1, -0.05) is 19.1 Å². The van der Waals surface area contributed by atoms with Gasteiger partial charge in [-0.05, 0) is 25.0 Å². The Morgan fingerprint density at radius 1 is 1.44 bits per heavy atom. The minimum atomic E-state index is -0.404. The highest BCUT2D eigenvalue weighted by molar-refractivity contribution is 6.08. The van der Waals surface area contributed by atoms with E-state index in [0.29, 0.717) is 0 Å². The lowest BCUT2D eigenvalue weighted by molar-refractivity contribution is -0.122. The topological polar surface area (TPSA) is 29.5 Å². The molecule has 1 aliphatic rings. The van der Waals surface area contributed by atoms with Crippen LogP contribution in [-0.2, 0) is 10.2 Å². The summed E-state index contributed by atoms with van der Waals surface area (Å²) in [6.45, 7) is 4.04. The number of methoxy groups -OCH3 is 1. The van der Waals surface area contributed by atoms with Crippen LogP contribution in [0.3, 0.4) is 0 Å². The fraction of sp³-hybridized carbons (Fsp3) is 0.462. The van der Waals surface area contributed by atoms with Crippen molar-refractivity contribution in [1.29, 1.82) is 0 Å². The van der Waals surface area contributed by atoms with Gasteiger partial charge in [-0.2, -0.15) is 0 Å². The highest BCUT2D eigenvalue weighted by Gasteiger charge is 2.45. The number of ether oxygens (including phenoxy) is 1. The SMILES string of the molecule is CCC1(C)C(=O)N(C)c2c(OC)cccc21. The molecule has 1 amide bonds. The Morgan fingerprint density at radius 3 is 2.69 bits per heavy atom. The Morgan fingerprint density at radius 2 is 2.12 bits per heavy atom. The summed E-state index contributed by atoms with van der Waals surface area (Å²) in [5.41, 5.74) is 1.58. The monoisotopic (exact) mass is 219 g/mol. The maximum atomic E-state index is 12.3. The van der Waals surface area contributed by atoms with Crippen LogP contribution >= 0.6 is 0 Å². The molecule has 0 saturated carbocycles. The lowest BCUT2D eigenvalue weighted by Crippen LogP contribution is -2.35. The van der Waals surface area contributed by atoms with Crippen molar-refractivity contribution in [3.8, 4) is 5.75 Å². The molecule has 0 spiro atoms. The molecule has 1 unspecified atom stereocenters. The number of amides is 1. The smallest absolute Gasteiger partial charge is 0.237 e. The number of carbonyl (C=O) groups is 1. The third kappa shape index (κ3) is 1.17. The van der Waals surface area contributed by atoms with E-state index in [1.807, 2.05) is 39.1 Å². The van der Waals surface area contributed by atoms with Crippen LogP contribution in [-0.4, -0.2) is 20.1 Å². The number of carbonyl (C=O) groups excluding carboxylic acids is 1. The predicted octanol–water partition coefficient (Wildman–Crippen LogP) is 2.34. The molecule has 1 heterocycles. The molecule has 1 atom stereocenters. The molecule has 86 valence electrons. The van der Waals surface area contributed by atoms with Crippen LogP contribution in [0.2, 0.25) is 0 Å². The quantitative estimate of drug-likeness (QED) is 0.764. The van der Waals surface area contributed by atoms with E-state index in [4.69, 9.17) is 4.74 Å². The van der Waals surface area contributed by atoms with Crippen molar-refractivity contribution < 1.29 is 9.53 Å². The summed E-state index contributed by atoms with van der Waals surface area (Å²) in [5, 5.41) is 0. The van der Waals surface area contributed by atoms with Crippen LogP contribution in [0.1, 0.15) is 25.8 Å². The standard InChI is InChI=1S/C13H17NO2/c1-5-13(2)9-7-6-8-10(16-4)11(9)14(3)12(13)15/h6-8H,5H2,1-4H3.